The molecule has 0 aromatic carbocycles. The first-order valence-electron chi connectivity index (χ1n) is 7.75. The Bertz CT molecular complexity index is 874. The van der Waals surface area contributed by atoms with Gasteiger partial charge in [-0.3, -0.25) is 19.7 Å². The van der Waals surface area contributed by atoms with Gasteiger partial charge in [0.1, 0.15) is 0 Å². The first kappa shape index (κ1) is 15.1. The van der Waals surface area contributed by atoms with E-state index in [9.17, 15) is 19.7 Å². The van der Waals surface area contributed by atoms with Crippen LogP contribution in [-0.2, 0) is 6.54 Å². The van der Waals surface area contributed by atoms with Crippen molar-refractivity contribution >= 4 is 22.9 Å². The Hall–Kier alpha value is -2.48. The second-order valence-electron chi connectivity index (χ2n) is 6.30. The molecule has 2 aromatic heterocycles. The summed E-state index contributed by atoms with van der Waals surface area (Å²) < 4.78 is 1.53. The second kappa shape index (κ2) is 5.55. The monoisotopic (exact) mass is 345 g/mol. The van der Waals surface area contributed by atoms with Gasteiger partial charge in [-0.2, -0.15) is 0 Å². The summed E-state index contributed by atoms with van der Waals surface area (Å²) in [6.07, 6.45) is 0.908. The molecule has 2 aromatic rings. The molecule has 0 radical (unpaired) electrons. The zero-order chi connectivity index (χ0) is 16.8. The molecule has 4 rings (SSSR count). The fourth-order valence-corrected chi connectivity index (χ4v) is 4.49. The molecule has 0 N–H and O–H groups in total. The Morgan fingerprint density at radius 3 is 2.79 bits per heavy atom. The summed E-state index contributed by atoms with van der Waals surface area (Å²) in [6, 6.07) is 6.63. The maximum absolute atomic E-state index is 12.6. The van der Waals surface area contributed by atoms with Crippen molar-refractivity contribution in [3.05, 3.63) is 60.7 Å². The van der Waals surface area contributed by atoms with Crippen molar-refractivity contribution in [1.82, 2.24) is 9.47 Å². The van der Waals surface area contributed by atoms with Crippen molar-refractivity contribution in [3.63, 3.8) is 0 Å². The van der Waals surface area contributed by atoms with Crippen LogP contribution in [0, 0.1) is 16.0 Å². The maximum Gasteiger partial charge on any atom is 0.334 e. The molecule has 1 fully saturated rings. The highest BCUT2D eigenvalue weighted by atomic mass is 32.1. The Balaban J connectivity index is 1.67. The number of likely N-dealkylation sites (tertiary alicyclic amines) is 1. The number of hydrogen-bond acceptors (Lipinski definition) is 5. The lowest BCUT2D eigenvalue weighted by molar-refractivity contribution is -0.386. The number of carbonyl (C=O) groups is 1. The van der Waals surface area contributed by atoms with Gasteiger partial charge < -0.3 is 9.47 Å². The molecule has 2 aliphatic heterocycles. The molecule has 0 saturated carbocycles. The maximum atomic E-state index is 12.6. The van der Waals surface area contributed by atoms with Gasteiger partial charge in [0, 0.05) is 37.3 Å². The van der Waals surface area contributed by atoms with Gasteiger partial charge in [0.2, 0.25) is 0 Å². The molecule has 4 heterocycles. The third-order valence-corrected chi connectivity index (χ3v) is 5.66. The van der Waals surface area contributed by atoms with Crippen LogP contribution in [0.3, 0.4) is 0 Å². The van der Waals surface area contributed by atoms with E-state index in [1.54, 1.807) is 6.07 Å². The number of thiophene rings is 1. The van der Waals surface area contributed by atoms with E-state index in [4.69, 9.17) is 0 Å². The highest BCUT2D eigenvalue weighted by Gasteiger charge is 2.37. The Labute approximate surface area is 141 Å². The fourth-order valence-electron chi connectivity index (χ4n) is 3.80. The molecule has 7 nitrogen and oxygen atoms in total. The Morgan fingerprint density at radius 2 is 2.08 bits per heavy atom. The van der Waals surface area contributed by atoms with Gasteiger partial charge in [0.25, 0.3) is 5.91 Å². The van der Waals surface area contributed by atoms with Gasteiger partial charge in [-0.1, -0.05) is 6.07 Å². The molecule has 24 heavy (non-hydrogen) atoms. The number of nitro groups is 1. The van der Waals surface area contributed by atoms with E-state index >= 15 is 0 Å². The summed E-state index contributed by atoms with van der Waals surface area (Å²) in [5.41, 5.74) is -0.124. The van der Waals surface area contributed by atoms with E-state index < -0.39 is 10.5 Å². The minimum Gasteiger partial charge on any atom is -0.337 e. The quantitative estimate of drug-likeness (QED) is 0.616. The van der Waals surface area contributed by atoms with Gasteiger partial charge in [0.05, 0.1) is 9.80 Å². The number of rotatable bonds is 2. The van der Waals surface area contributed by atoms with E-state index in [2.05, 4.69) is 0 Å². The summed E-state index contributed by atoms with van der Waals surface area (Å²) in [7, 11) is 0. The molecule has 0 spiro atoms. The number of nitrogens with zero attached hydrogens (tertiary/aromatic N) is 3. The van der Waals surface area contributed by atoms with Crippen molar-refractivity contribution < 1.29 is 9.72 Å². The van der Waals surface area contributed by atoms with Crippen LogP contribution in [0.25, 0.3) is 0 Å². The van der Waals surface area contributed by atoms with Crippen LogP contribution in [-0.4, -0.2) is 33.4 Å². The first-order chi connectivity index (χ1) is 11.5. The number of hydrogen-bond donors (Lipinski definition) is 0. The molecular formula is C16H15N3O4S. The third-order valence-electron chi connectivity index (χ3n) is 4.80. The Morgan fingerprint density at radius 1 is 1.25 bits per heavy atom. The topological polar surface area (TPSA) is 85.5 Å². The molecular weight excluding hydrogens is 330 g/mol. The summed E-state index contributed by atoms with van der Waals surface area (Å²) in [5, 5.41) is 12.8. The van der Waals surface area contributed by atoms with Crippen molar-refractivity contribution in [3.8, 4) is 0 Å². The summed E-state index contributed by atoms with van der Waals surface area (Å²) in [4.78, 5) is 37.8. The number of aromatic nitrogens is 1. The normalized spacial score (nSPS) is 22.1. The molecule has 124 valence electrons. The van der Waals surface area contributed by atoms with E-state index in [1.807, 2.05) is 22.4 Å². The molecule has 8 heteroatoms. The fraction of sp³-hybridized carbons (Fsp3) is 0.375. The molecule has 2 bridgehead atoms. The van der Waals surface area contributed by atoms with Gasteiger partial charge in [-0.15, -0.1) is 11.3 Å². The summed E-state index contributed by atoms with van der Waals surface area (Å²) in [6.45, 7) is 1.56. The number of amides is 1. The molecule has 1 saturated heterocycles. The average Bonchev–Trinajstić information content (AvgIpc) is 3.09. The SMILES string of the molecule is O=C(c1cccs1)N1C[C@H]2C[C@@H](C1)c1ccc([N+](=O)[O-])c(=O)n1C2. The molecule has 2 atom stereocenters. The molecule has 1 amide bonds. The smallest absolute Gasteiger partial charge is 0.334 e. The van der Waals surface area contributed by atoms with Gasteiger partial charge >= 0.3 is 11.2 Å². The van der Waals surface area contributed by atoms with Crippen LogP contribution in [0.5, 0.6) is 0 Å². The standard InChI is InChI=1S/C16H15N3O4S/c20-15-13(19(22)23)4-3-12-11-6-10(8-18(12)15)7-17(9-11)16(21)14-2-1-5-24-14/h1-5,10-11H,6-9H2/t10-,11+/m1/s1. The van der Waals surface area contributed by atoms with Crippen molar-refractivity contribution in [2.24, 2.45) is 5.92 Å². The van der Waals surface area contributed by atoms with E-state index in [-0.39, 0.29) is 23.4 Å². The predicted octanol–water partition coefficient (Wildman–Crippen LogP) is 2.08. The number of pyridine rings is 1. The summed E-state index contributed by atoms with van der Waals surface area (Å²) in [5.74, 6) is 0.229. The molecule has 2 aliphatic rings. The van der Waals surface area contributed by atoms with Crippen molar-refractivity contribution in [1.29, 1.82) is 0 Å². The van der Waals surface area contributed by atoms with Gasteiger partial charge in [-0.25, -0.2) is 0 Å². The second-order valence-corrected chi connectivity index (χ2v) is 7.25. The predicted molar refractivity (Wildman–Crippen MR) is 88.4 cm³/mol. The van der Waals surface area contributed by atoms with Crippen LogP contribution in [0.1, 0.15) is 27.7 Å². The zero-order valence-electron chi connectivity index (χ0n) is 12.8. The lowest BCUT2D eigenvalue weighted by Gasteiger charge is -2.42. The minimum atomic E-state index is -0.632. The summed E-state index contributed by atoms with van der Waals surface area (Å²) >= 11 is 1.42. The zero-order valence-corrected chi connectivity index (χ0v) is 13.6. The van der Waals surface area contributed by atoms with Gasteiger partial charge in [-0.05, 0) is 29.9 Å². The van der Waals surface area contributed by atoms with Crippen LogP contribution in [0.15, 0.2) is 34.4 Å². The van der Waals surface area contributed by atoms with Crippen LogP contribution in [0.4, 0.5) is 5.69 Å². The highest BCUT2D eigenvalue weighted by Crippen LogP contribution is 2.36. The Kier molecular flexibility index (Phi) is 3.49. The van der Waals surface area contributed by atoms with Crippen LogP contribution in [0.2, 0.25) is 0 Å². The largest absolute Gasteiger partial charge is 0.337 e. The highest BCUT2D eigenvalue weighted by molar-refractivity contribution is 7.12. The first-order valence-corrected chi connectivity index (χ1v) is 8.63. The number of carbonyl (C=O) groups excluding carboxylic acids is 1. The lowest BCUT2D eigenvalue weighted by Crippen LogP contribution is -2.49. The van der Waals surface area contributed by atoms with E-state index in [1.165, 1.54) is 22.0 Å². The van der Waals surface area contributed by atoms with Crippen molar-refractivity contribution in [2.45, 2.75) is 18.9 Å². The molecule has 0 aliphatic carbocycles. The number of piperidine rings is 1. The molecule has 0 unspecified atom stereocenters. The van der Waals surface area contributed by atoms with Gasteiger partial charge in [0.15, 0.2) is 0 Å². The van der Waals surface area contributed by atoms with E-state index in [0.29, 0.717) is 19.6 Å². The van der Waals surface area contributed by atoms with Crippen molar-refractivity contribution in [2.75, 3.05) is 13.1 Å². The van der Waals surface area contributed by atoms with Crippen LogP contribution >= 0.6 is 11.3 Å². The number of fused-ring (bicyclic) bond motifs is 4. The lowest BCUT2D eigenvalue weighted by atomic mass is 9.83. The minimum absolute atomic E-state index is 0.0254. The van der Waals surface area contributed by atoms with E-state index in [0.717, 1.165) is 17.0 Å². The third kappa shape index (κ3) is 2.34. The van der Waals surface area contributed by atoms with Crippen LogP contribution < -0.4 is 5.56 Å². The average molecular weight is 345 g/mol.